The number of hydrogen-bond donors (Lipinski definition) is 0. The van der Waals surface area contributed by atoms with Crippen LogP contribution in [0.25, 0.3) is 0 Å². The average Bonchev–Trinajstić information content (AvgIpc) is 2.38. The van der Waals surface area contributed by atoms with Crippen LogP contribution in [0.2, 0.25) is 0 Å². The molecule has 0 bridgehead atoms. The monoisotopic (exact) mass is 245 g/mol. The van der Waals surface area contributed by atoms with Crippen molar-refractivity contribution in [2.75, 3.05) is 7.11 Å². The number of carbonyl (C=O) groups excluding carboxylic acids is 1. The molecule has 3 nitrogen and oxygen atoms in total. The fourth-order valence-electron chi connectivity index (χ4n) is 1.83. The number of rotatable bonds is 6. The van der Waals surface area contributed by atoms with Gasteiger partial charge in [0.25, 0.3) is 0 Å². The molecule has 3 heteroatoms. The number of nitriles is 1. The molecule has 0 aliphatic carbocycles. The minimum Gasteiger partial charge on any atom is -0.496 e. The second kappa shape index (κ2) is 6.80. The topological polar surface area (TPSA) is 50.1 Å². The molecule has 0 aromatic heterocycles. The van der Waals surface area contributed by atoms with E-state index in [-0.39, 0.29) is 5.78 Å². The summed E-state index contributed by atoms with van der Waals surface area (Å²) in [6.45, 7) is 4.14. The largest absolute Gasteiger partial charge is 0.496 e. The predicted octanol–water partition coefficient (Wildman–Crippen LogP) is 3.70. The molecule has 96 valence electrons. The average molecular weight is 245 g/mol. The van der Waals surface area contributed by atoms with E-state index in [1.54, 1.807) is 13.2 Å². The number of carbonyl (C=O) groups is 1. The highest BCUT2D eigenvalue weighted by Crippen LogP contribution is 2.27. The number of benzene rings is 1. The molecule has 0 amide bonds. The maximum atomic E-state index is 11.9. The summed E-state index contributed by atoms with van der Waals surface area (Å²) in [5.74, 6) is 1.22. The summed E-state index contributed by atoms with van der Waals surface area (Å²) >= 11 is 0. The number of Topliss-reactive ketones (excluding diaryl/α,β-unsaturated/α-hetero) is 1. The van der Waals surface area contributed by atoms with Gasteiger partial charge in [-0.25, -0.2) is 0 Å². The van der Waals surface area contributed by atoms with Gasteiger partial charge in [-0.15, -0.1) is 0 Å². The molecule has 0 saturated carbocycles. The van der Waals surface area contributed by atoms with Gasteiger partial charge < -0.3 is 4.74 Å². The van der Waals surface area contributed by atoms with E-state index in [0.717, 1.165) is 11.3 Å². The van der Waals surface area contributed by atoms with Gasteiger partial charge in [0, 0.05) is 18.4 Å². The molecule has 0 unspecified atom stereocenters. The van der Waals surface area contributed by atoms with Crippen molar-refractivity contribution in [3.05, 3.63) is 29.3 Å². The third kappa shape index (κ3) is 3.59. The first-order valence-corrected chi connectivity index (χ1v) is 6.18. The Labute approximate surface area is 108 Å². The molecule has 1 aromatic carbocycles. The lowest BCUT2D eigenvalue weighted by molar-refractivity contribution is 0.0980. The second-order valence-electron chi connectivity index (χ2n) is 4.55. The van der Waals surface area contributed by atoms with E-state index in [0.29, 0.717) is 30.7 Å². The van der Waals surface area contributed by atoms with Gasteiger partial charge in [-0.3, -0.25) is 4.79 Å². The molecule has 1 rings (SSSR count). The highest BCUT2D eigenvalue weighted by atomic mass is 16.5. The van der Waals surface area contributed by atoms with Gasteiger partial charge in [-0.1, -0.05) is 13.8 Å². The molecular formula is C15H19NO2. The van der Waals surface area contributed by atoms with Crippen LogP contribution in [-0.4, -0.2) is 12.9 Å². The number of hydrogen-bond acceptors (Lipinski definition) is 3. The van der Waals surface area contributed by atoms with Crippen LogP contribution < -0.4 is 4.74 Å². The third-order valence-electron chi connectivity index (χ3n) is 2.87. The van der Waals surface area contributed by atoms with Gasteiger partial charge in [0.15, 0.2) is 5.78 Å². The Kier molecular flexibility index (Phi) is 5.38. The molecule has 0 N–H and O–H groups in total. The van der Waals surface area contributed by atoms with Gasteiger partial charge >= 0.3 is 0 Å². The van der Waals surface area contributed by atoms with E-state index in [4.69, 9.17) is 10.00 Å². The summed E-state index contributed by atoms with van der Waals surface area (Å²) in [5, 5.41) is 8.46. The molecule has 0 atom stereocenters. The first-order valence-electron chi connectivity index (χ1n) is 6.18. The van der Waals surface area contributed by atoms with Crippen LogP contribution in [0, 0.1) is 11.3 Å². The van der Waals surface area contributed by atoms with Crippen LogP contribution in [0.5, 0.6) is 5.75 Å². The Bertz CT molecular complexity index is 458. The first-order chi connectivity index (χ1) is 8.60. The van der Waals surface area contributed by atoms with Crippen LogP contribution in [0.15, 0.2) is 18.2 Å². The highest BCUT2D eigenvalue weighted by Gasteiger charge is 2.12. The lowest BCUT2D eigenvalue weighted by Crippen LogP contribution is -2.02. The Morgan fingerprint density at radius 1 is 1.44 bits per heavy atom. The van der Waals surface area contributed by atoms with Crippen molar-refractivity contribution >= 4 is 5.78 Å². The van der Waals surface area contributed by atoms with E-state index < -0.39 is 0 Å². The van der Waals surface area contributed by atoms with E-state index >= 15 is 0 Å². The summed E-state index contributed by atoms with van der Waals surface area (Å²) in [4.78, 5) is 11.9. The van der Waals surface area contributed by atoms with Crippen LogP contribution in [0.1, 0.15) is 54.9 Å². The summed E-state index contributed by atoms with van der Waals surface area (Å²) < 4.78 is 5.29. The Morgan fingerprint density at radius 3 is 2.72 bits per heavy atom. The number of methoxy groups -OCH3 is 1. The molecule has 1 aromatic rings. The summed E-state index contributed by atoms with van der Waals surface area (Å²) in [5.41, 5.74) is 1.75. The van der Waals surface area contributed by atoms with Crippen molar-refractivity contribution in [1.29, 1.82) is 5.26 Å². The summed E-state index contributed by atoms with van der Waals surface area (Å²) in [6.07, 6.45) is 1.48. The minimum atomic E-state index is 0.0924. The fourth-order valence-corrected chi connectivity index (χ4v) is 1.83. The van der Waals surface area contributed by atoms with E-state index in [2.05, 4.69) is 19.9 Å². The van der Waals surface area contributed by atoms with Crippen molar-refractivity contribution in [2.45, 2.75) is 39.0 Å². The Hall–Kier alpha value is -1.82. The normalized spacial score (nSPS) is 10.2. The van der Waals surface area contributed by atoms with Gasteiger partial charge in [-0.05, 0) is 36.1 Å². The minimum absolute atomic E-state index is 0.0924. The smallest absolute Gasteiger partial charge is 0.162 e. The lowest BCUT2D eigenvalue weighted by atomic mass is 9.96. The van der Waals surface area contributed by atoms with Crippen molar-refractivity contribution in [3.63, 3.8) is 0 Å². The summed E-state index contributed by atoms with van der Waals surface area (Å²) in [7, 11) is 1.63. The second-order valence-corrected chi connectivity index (χ2v) is 4.55. The molecule has 0 aliphatic rings. The molecule has 0 saturated heterocycles. The number of nitrogens with zero attached hydrogens (tertiary/aromatic N) is 1. The van der Waals surface area contributed by atoms with Crippen molar-refractivity contribution < 1.29 is 9.53 Å². The number of unbranched alkanes of at least 4 members (excludes halogenated alkanes) is 1. The van der Waals surface area contributed by atoms with E-state index in [1.807, 2.05) is 12.1 Å². The van der Waals surface area contributed by atoms with Crippen LogP contribution in [0.3, 0.4) is 0 Å². The van der Waals surface area contributed by atoms with Crippen LogP contribution in [0.4, 0.5) is 0 Å². The molecular weight excluding hydrogens is 226 g/mol. The van der Waals surface area contributed by atoms with Gasteiger partial charge in [-0.2, -0.15) is 5.26 Å². The zero-order chi connectivity index (χ0) is 13.5. The van der Waals surface area contributed by atoms with Crippen molar-refractivity contribution in [3.8, 4) is 11.8 Å². The van der Waals surface area contributed by atoms with Crippen LogP contribution >= 0.6 is 0 Å². The molecule has 18 heavy (non-hydrogen) atoms. The Balaban J connectivity index is 2.88. The van der Waals surface area contributed by atoms with Crippen LogP contribution in [-0.2, 0) is 0 Å². The van der Waals surface area contributed by atoms with Gasteiger partial charge in [0.2, 0.25) is 0 Å². The standard InChI is InChI=1S/C15H19NO2/c1-11(2)13-10-12(7-8-15(13)18-3)14(17)6-4-5-9-16/h7-8,10-11H,4-6H2,1-3H3. The molecule has 0 aliphatic heterocycles. The van der Waals surface area contributed by atoms with E-state index in [1.165, 1.54) is 0 Å². The first kappa shape index (κ1) is 14.2. The van der Waals surface area contributed by atoms with E-state index in [9.17, 15) is 4.79 Å². The quantitative estimate of drug-likeness (QED) is 0.567. The summed E-state index contributed by atoms with van der Waals surface area (Å²) in [6, 6.07) is 7.58. The van der Waals surface area contributed by atoms with Gasteiger partial charge in [0.05, 0.1) is 13.2 Å². The fraction of sp³-hybridized carbons (Fsp3) is 0.467. The molecule has 0 fully saturated rings. The predicted molar refractivity (Wildman–Crippen MR) is 70.9 cm³/mol. The van der Waals surface area contributed by atoms with Gasteiger partial charge in [0.1, 0.15) is 5.75 Å². The zero-order valence-electron chi connectivity index (χ0n) is 11.2. The molecule has 0 heterocycles. The highest BCUT2D eigenvalue weighted by molar-refractivity contribution is 5.96. The van der Waals surface area contributed by atoms with Crippen molar-refractivity contribution in [2.24, 2.45) is 0 Å². The zero-order valence-corrected chi connectivity index (χ0v) is 11.2. The Morgan fingerprint density at radius 2 is 2.17 bits per heavy atom. The third-order valence-corrected chi connectivity index (χ3v) is 2.87. The SMILES string of the molecule is COc1ccc(C(=O)CCCC#N)cc1C(C)C. The number of ether oxygens (including phenoxy) is 1. The molecule has 0 radical (unpaired) electrons. The maximum Gasteiger partial charge on any atom is 0.162 e. The number of ketones is 1. The lowest BCUT2D eigenvalue weighted by Gasteiger charge is -2.13. The van der Waals surface area contributed by atoms with Crippen molar-refractivity contribution in [1.82, 2.24) is 0 Å². The maximum absolute atomic E-state index is 11.9. The molecule has 0 spiro atoms.